The smallest absolute Gasteiger partial charge is 0.0583 e. The first-order valence-electron chi connectivity index (χ1n) is 7.76. The number of benzene rings is 2. The molecule has 21 heavy (non-hydrogen) atoms. The molecule has 0 aliphatic carbocycles. The Labute approximate surface area is 128 Å². The standard InChI is InChI=1S/C20H26O/c1-14-6-5-7-18(12-14)8-9-19(21)13-20-16(3)10-15(2)11-17(20)4/h5-7,10-12,19,21H,8-9,13H2,1-4H3. The molecule has 2 rings (SSSR count). The van der Waals surface area contributed by atoms with Crippen molar-refractivity contribution in [2.45, 2.75) is 53.1 Å². The molecule has 0 radical (unpaired) electrons. The maximum absolute atomic E-state index is 10.4. The van der Waals surface area contributed by atoms with Gasteiger partial charge in [-0.15, -0.1) is 0 Å². The van der Waals surface area contributed by atoms with Gasteiger partial charge in [0.1, 0.15) is 0 Å². The summed E-state index contributed by atoms with van der Waals surface area (Å²) in [6.07, 6.45) is 2.23. The second kappa shape index (κ2) is 6.91. The summed E-state index contributed by atoms with van der Waals surface area (Å²) in [4.78, 5) is 0. The summed E-state index contributed by atoms with van der Waals surface area (Å²) in [6.45, 7) is 8.52. The third kappa shape index (κ3) is 4.44. The first-order valence-corrected chi connectivity index (χ1v) is 7.76. The number of rotatable bonds is 5. The molecule has 112 valence electrons. The van der Waals surface area contributed by atoms with Crippen LogP contribution in [0.2, 0.25) is 0 Å². The molecule has 0 saturated heterocycles. The van der Waals surface area contributed by atoms with E-state index in [9.17, 15) is 5.11 Å². The highest BCUT2D eigenvalue weighted by Gasteiger charge is 2.11. The molecule has 0 aliphatic rings. The number of hydrogen-bond acceptors (Lipinski definition) is 1. The van der Waals surface area contributed by atoms with Crippen molar-refractivity contribution >= 4 is 0 Å². The van der Waals surface area contributed by atoms with E-state index in [1.807, 2.05) is 0 Å². The van der Waals surface area contributed by atoms with Crippen molar-refractivity contribution < 1.29 is 5.11 Å². The van der Waals surface area contributed by atoms with Gasteiger partial charge < -0.3 is 5.11 Å². The molecule has 1 nitrogen and oxygen atoms in total. The fraction of sp³-hybridized carbons (Fsp3) is 0.400. The van der Waals surface area contributed by atoms with E-state index in [1.54, 1.807) is 0 Å². The van der Waals surface area contributed by atoms with Crippen LogP contribution in [0.15, 0.2) is 36.4 Å². The molecular weight excluding hydrogens is 256 g/mol. The van der Waals surface area contributed by atoms with E-state index >= 15 is 0 Å². The zero-order valence-electron chi connectivity index (χ0n) is 13.6. The number of hydrogen-bond donors (Lipinski definition) is 1. The minimum Gasteiger partial charge on any atom is -0.393 e. The van der Waals surface area contributed by atoms with Crippen LogP contribution < -0.4 is 0 Å². The first kappa shape index (κ1) is 15.8. The quantitative estimate of drug-likeness (QED) is 0.858. The molecule has 1 atom stereocenters. The van der Waals surface area contributed by atoms with Gasteiger partial charge in [0, 0.05) is 0 Å². The molecule has 2 aromatic rings. The summed E-state index contributed by atoms with van der Waals surface area (Å²) >= 11 is 0. The van der Waals surface area contributed by atoms with E-state index in [-0.39, 0.29) is 6.10 Å². The third-order valence-electron chi connectivity index (χ3n) is 4.13. The van der Waals surface area contributed by atoms with Gasteiger partial charge in [0.25, 0.3) is 0 Å². The summed E-state index contributed by atoms with van der Waals surface area (Å²) in [5.41, 5.74) is 7.78. The second-order valence-electron chi connectivity index (χ2n) is 6.26. The average Bonchev–Trinajstić information content (AvgIpc) is 2.40. The Balaban J connectivity index is 1.97. The molecule has 0 amide bonds. The molecule has 0 fully saturated rings. The lowest BCUT2D eigenvalue weighted by atomic mass is 9.93. The van der Waals surface area contributed by atoms with Crippen LogP contribution in [0.4, 0.5) is 0 Å². The Morgan fingerprint density at radius 2 is 1.57 bits per heavy atom. The lowest BCUT2D eigenvalue weighted by Crippen LogP contribution is -2.13. The Morgan fingerprint density at radius 3 is 2.19 bits per heavy atom. The molecule has 0 spiro atoms. The topological polar surface area (TPSA) is 20.2 Å². The van der Waals surface area contributed by atoms with Crippen molar-refractivity contribution in [3.63, 3.8) is 0 Å². The van der Waals surface area contributed by atoms with Gasteiger partial charge in [-0.3, -0.25) is 0 Å². The minimum absolute atomic E-state index is 0.273. The molecule has 0 aromatic heterocycles. The van der Waals surface area contributed by atoms with E-state index < -0.39 is 0 Å². The summed E-state index contributed by atoms with van der Waals surface area (Å²) < 4.78 is 0. The van der Waals surface area contributed by atoms with Crippen molar-refractivity contribution in [3.8, 4) is 0 Å². The van der Waals surface area contributed by atoms with Crippen LogP contribution in [0.1, 0.15) is 39.8 Å². The van der Waals surface area contributed by atoms with Crippen LogP contribution >= 0.6 is 0 Å². The molecule has 0 bridgehead atoms. The largest absolute Gasteiger partial charge is 0.393 e. The van der Waals surface area contributed by atoms with E-state index in [4.69, 9.17) is 0 Å². The molecule has 2 aromatic carbocycles. The Morgan fingerprint density at radius 1 is 0.905 bits per heavy atom. The van der Waals surface area contributed by atoms with Gasteiger partial charge in [-0.1, -0.05) is 47.5 Å². The lowest BCUT2D eigenvalue weighted by Gasteiger charge is -2.16. The van der Waals surface area contributed by atoms with E-state index in [0.29, 0.717) is 0 Å². The van der Waals surface area contributed by atoms with Gasteiger partial charge in [-0.25, -0.2) is 0 Å². The highest BCUT2D eigenvalue weighted by Crippen LogP contribution is 2.19. The van der Waals surface area contributed by atoms with Crippen molar-refractivity contribution in [1.82, 2.24) is 0 Å². The normalized spacial score (nSPS) is 12.4. The maximum atomic E-state index is 10.4. The fourth-order valence-electron chi connectivity index (χ4n) is 3.07. The van der Waals surface area contributed by atoms with Crippen molar-refractivity contribution in [1.29, 1.82) is 0 Å². The summed E-state index contributed by atoms with van der Waals surface area (Å²) in [5, 5.41) is 10.4. The second-order valence-corrected chi connectivity index (χ2v) is 6.26. The number of aryl methyl sites for hydroxylation is 5. The predicted octanol–water partition coefficient (Wildman–Crippen LogP) is 4.46. The Hall–Kier alpha value is -1.60. The molecule has 1 unspecified atom stereocenters. The molecule has 0 aliphatic heterocycles. The predicted molar refractivity (Wildman–Crippen MR) is 89.9 cm³/mol. The van der Waals surface area contributed by atoms with Crippen molar-refractivity contribution in [2.75, 3.05) is 0 Å². The van der Waals surface area contributed by atoms with Gasteiger partial charge in [0.05, 0.1) is 6.10 Å². The van der Waals surface area contributed by atoms with Crippen LogP contribution in [-0.2, 0) is 12.8 Å². The summed E-state index contributed by atoms with van der Waals surface area (Å²) in [6, 6.07) is 13.0. The summed E-state index contributed by atoms with van der Waals surface area (Å²) in [7, 11) is 0. The summed E-state index contributed by atoms with van der Waals surface area (Å²) in [5.74, 6) is 0. The van der Waals surface area contributed by atoms with E-state index in [2.05, 4.69) is 64.1 Å². The monoisotopic (exact) mass is 282 g/mol. The highest BCUT2D eigenvalue weighted by molar-refractivity contribution is 5.37. The van der Waals surface area contributed by atoms with Gasteiger partial charge >= 0.3 is 0 Å². The third-order valence-corrected chi connectivity index (χ3v) is 4.13. The van der Waals surface area contributed by atoms with Crippen LogP contribution in [0, 0.1) is 27.7 Å². The van der Waals surface area contributed by atoms with Crippen LogP contribution in [0.3, 0.4) is 0 Å². The van der Waals surface area contributed by atoms with E-state index in [1.165, 1.54) is 33.4 Å². The van der Waals surface area contributed by atoms with Crippen LogP contribution in [0.5, 0.6) is 0 Å². The Bertz CT molecular complexity index is 590. The van der Waals surface area contributed by atoms with E-state index in [0.717, 1.165) is 19.3 Å². The SMILES string of the molecule is Cc1cccc(CCC(O)Cc2c(C)cc(C)cc2C)c1. The lowest BCUT2D eigenvalue weighted by molar-refractivity contribution is 0.165. The number of aliphatic hydroxyl groups excluding tert-OH is 1. The van der Waals surface area contributed by atoms with Crippen molar-refractivity contribution in [3.05, 3.63) is 69.8 Å². The fourth-order valence-corrected chi connectivity index (χ4v) is 3.07. The van der Waals surface area contributed by atoms with Gasteiger partial charge in [0.2, 0.25) is 0 Å². The van der Waals surface area contributed by atoms with Gasteiger partial charge in [-0.05, 0) is 69.2 Å². The maximum Gasteiger partial charge on any atom is 0.0583 e. The molecule has 0 heterocycles. The van der Waals surface area contributed by atoms with Crippen LogP contribution in [-0.4, -0.2) is 11.2 Å². The van der Waals surface area contributed by atoms with Gasteiger partial charge in [-0.2, -0.15) is 0 Å². The zero-order valence-corrected chi connectivity index (χ0v) is 13.6. The molecule has 1 N–H and O–H groups in total. The molecule has 1 heteroatoms. The average molecular weight is 282 g/mol. The molecule has 0 saturated carbocycles. The Kier molecular flexibility index (Phi) is 5.19. The van der Waals surface area contributed by atoms with Gasteiger partial charge in [0.15, 0.2) is 0 Å². The first-order chi connectivity index (χ1) is 9.95. The van der Waals surface area contributed by atoms with Crippen molar-refractivity contribution in [2.24, 2.45) is 0 Å². The number of aliphatic hydroxyl groups is 1. The zero-order chi connectivity index (χ0) is 15.4. The minimum atomic E-state index is -0.273. The van der Waals surface area contributed by atoms with Crippen LogP contribution in [0.25, 0.3) is 0 Å². The molecular formula is C20H26O. The highest BCUT2D eigenvalue weighted by atomic mass is 16.3.